The van der Waals surface area contributed by atoms with E-state index in [1.54, 1.807) is 12.3 Å². The van der Waals surface area contributed by atoms with Gasteiger partial charge in [0.1, 0.15) is 5.69 Å². The molecule has 0 aromatic carbocycles. The van der Waals surface area contributed by atoms with Gasteiger partial charge in [0.2, 0.25) is 0 Å². The smallest absolute Gasteiger partial charge is 0.267 e. The van der Waals surface area contributed by atoms with Crippen LogP contribution in [0.3, 0.4) is 0 Å². The van der Waals surface area contributed by atoms with E-state index in [9.17, 15) is 4.79 Å². The molecule has 1 aromatic heterocycles. The lowest BCUT2D eigenvalue weighted by molar-refractivity contribution is 0.0995. The topological polar surface area (TPSA) is 59.2 Å². The first-order valence-corrected chi connectivity index (χ1v) is 5.78. The summed E-state index contributed by atoms with van der Waals surface area (Å²) < 4.78 is 0. The molecule has 0 spiro atoms. The lowest BCUT2D eigenvalue weighted by Crippen LogP contribution is -2.24. The molecule has 1 aliphatic rings. The number of nitrogens with zero attached hydrogens (tertiary/aromatic N) is 2. The van der Waals surface area contributed by atoms with E-state index in [2.05, 4.69) is 9.88 Å². The molecule has 86 valence electrons. The van der Waals surface area contributed by atoms with E-state index in [4.69, 9.17) is 5.73 Å². The molecule has 0 radical (unpaired) electrons. The summed E-state index contributed by atoms with van der Waals surface area (Å²) >= 11 is 0. The van der Waals surface area contributed by atoms with Gasteiger partial charge < -0.3 is 10.6 Å². The highest BCUT2D eigenvalue weighted by Gasteiger charge is 2.11. The molecule has 0 atom stereocenters. The minimum atomic E-state index is -0.461. The zero-order valence-corrected chi connectivity index (χ0v) is 9.35. The summed E-state index contributed by atoms with van der Waals surface area (Å²) in [5.74, 6) is -0.461. The Morgan fingerprint density at radius 1 is 1.25 bits per heavy atom. The first-order chi connectivity index (χ1) is 7.77. The Kier molecular flexibility index (Phi) is 3.39. The van der Waals surface area contributed by atoms with Crippen LogP contribution in [0, 0.1) is 0 Å². The van der Waals surface area contributed by atoms with E-state index in [0.29, 0.717) is 5.69 Å². The molecule has 1 aromatic rings. The lowest BCUT2D eigenvalue weighted by atomic mass is 10.2. The number of pyridine rings is 1. The fourth-order valence-electron chi connectivity index (χ4n) is 2.08. The molecule has 2 rings (SSSR count). The van der Waals surface area contributed by atoms with Crippen molar-refractivity contribution in [2.24, 2.45) is 5.73 Å². The normalized spacial score (nSPS) is 16.9. The number of carbonyl (C=O) groups excluding carboxylic acids is 1. The first-order valence-electron chi connectivity index (χ1n) is 5.78. The fourth-order valence-corrected chi connectivity index (χ4v) is 2.08. The van der Waals surface area contributed by atoms with Gasteiger partial charge in [0, 0.05) is 25.0 Å². The van der Waals surface area contributed by atoms with E-state index in [1.807, 2.05) is 6.07 Å². The lowest BCUT2D eigenvalue weighted by Gasteiger charge is -2.22. The van der Waals surface area contributed by atoms with E-state index in [1.165, 1.54) is 25.7 Å². The molecule has 0 aliphatic carbocycles. The van der Waals surface area contributed by atoms with Crippen molar-refractivity contribution >= 4 is 11.6 Å². The van der Waals surface area contributed by atoms with Gasteiger partial charge >= 0.3 is 0 Å². The average Bonchev–Trinajstić information content (AvgIpc) is 2.57. The fraction of sp³-hybridized carbons (Fsp3) is 0.500. The van der Waals surface area contributed by atoms with Crippen LogP contribution in [-0.4, -0.2) is 24.0 Å². The summed E-state index contributed by atoms with van der Waals surface area (Å²) in [5, 5.41) is 0. The van der Waals surface area contributed by atoms with Crippen LogP contribution < -0.4 is 10.6 Å². The van der Waals surface area contributed by atoms with Gasteiger partial charge in [0.25, 0.3) is 5.91 Å². The Bertz CT molecular complexity index is 370. The second-order valence-electron chi connectivity index (χ2n) is 4.16. The molecule has 0 bridgehead atoms. The van der Waals surface area contributed by atoms with Gasteiger partial charge in [-0.25, -0.2) is 0 Å². The van der Waals surface area contributed by atoms with Gasteiger partial charge in [-0.1, -0.05) is 12.8 Å². The van der Waals surface area contributed by atoms with Crippen LogP contribution in [0.1, 0.15) is 36.2 Å². The molecule has 2 N–H and O–H groups in total. The quantitative estimate of drug-likeness (QED) is 0.821. The maximum atomic E-state index is 11.0. The van der Waals surface area contributed by atoms with Crippen molar-refractivity contribution in [3.63, 3.8) is 0 Å². The number of anilines is 1. The number of amides is 1. The summed E-state index contributed by atoms with van der Waals surface area (Å²) in [4.78, 5) is 17.3. The number of primary amides is 1. The Hall–Kier alpha value is -1.58. The molecule has 0 unspecified atom stereocenters. The summed E-state index contributed by atoms with van der Waals surface area (Å²) in [6, 6.07) is 3.73. The molecule has 4 heteroatoms. The van der Waals surface area contributed by atoms with Crippen molar-refractivity contribution in [2.45, 2.75) is 25.7 Å². The van der Waals surface area contributed by atoms with Crippen LogP contribution in [0.5, 0.6) is 0 Å². The minimum absolute atomic E-state index is 0.349. The summed E-state index contributed by atoms with van der Waals surface area (Å²) in [5.41, 5.74) is 6.63. The van der Waals surface area contributed by atoms with Gasteiger partial charge in [-0.15, -0.1) is 0 Å². The van der Waals surface area contributed by atoms with Gasteiger partial charge in [-0.05, 0) is 25.0 Å². The maximum Gasteiger partial charge on any atom is 0.267 e. The summed E-state index contributed by atoms with van der Waals surface area (Å²) in [6.07, 6.45) is 6.68. The first kappa shape index (κ1) is 10.9. The van der Waals surface area contributed by atoms with Crippen LogP contribution in [-0.2, 0) is 0 Å². The molecular formula is C12H17N3O. The second-order valence-corrected chi connectivity index (χ2v) is 4.16. The molecule has 1 fully saturated rings. The predicted octanol–water partition coefficient (Wildman–Crippen LogP) is 1.56. The summed E-state index contributed by atoms with van der Waals surface area (Å²) in [7, 11) is 0. The molecule has 1 aliphatic heterocycles. The van der Waals surface area contributed by atoms with Gasteiger partial charge in [-0.2, -0.15) is 0 Å². The maximum absolute atomic E-state index is 11.0. The monoisotopic (exact) mass is 219 g/mol. The zero-order chi connectivity index (χ0) is 11.4. The van der Waals surface area contributed by atoms with E-state index < -0.39 is 5.91 Å². The molecule has 1 amide bonds. The van der Waals surface area contributed by atoms with Crippen molar-refractivity contribution in [3.05, 3.63) is 24.0 Å². The Balaban J connectivity index is 2.18. The summed E-state index contributed by atoms with van der Waals surface area (Å²) in [6.45, 7) is 2.12. The van der Waals surface area contributed by atoms with Crippen molar-refractivity contribution in [1.29, 1.82) is 0 Å². The highest BCUT2D eigenvalue weighted by Crippen LogP contribution is 2.19. The van der Waals surface area contributed by atoms with Crippen molar-refractivity contribution in [1.82, 2.24) is 4.98 Å². The van der Waals surface area contributed by atoms with E-state index >= 15 is 0 Å². The second kappa shape index (κ2) is 4.96. The third-order valence-corrected chi connectivity index (χ3v) is 2.97. The number of carbonyl (C=O) groups is 1. The van der Waals surface area contributed by atoms with Crippen LogP contribution in [0.25, 0.3) is 0 Å². The van der Waals surface area contributed by atoms with E-state index in [0.717, 1.165) is 18.8 Å². The highest BCUT2D eigenvalue weighted by molar-refractivity contribution is 5.91. The Labute approximate surface area is 95.5 Å². The SMILES string of the molecule is NC(=O)c1cc(N2CCCCCC2)ccn1. The average molecular weight is 219 g/mol. The minimum Gasteiger partial charge on any atom is -0.371 e. The number of rotatable bonds is 2. The van der Waals surface area contributed by atoms with Crippen molar-refractivity contribution in [3.8, 4) is 0 Å². The Morgan fingerprint density at radius 2 is 1.94 bits per heavy atom. The number of hydrogen-bond acceptors (Lipinski definition) is 3. The van der Waals surface area contributed by atoms with Crippen molar-refractivity contribution in [2.75, 3.05) is 18.0 Å². The van der Waals surface area contributed by atoms with Crippen LogP contribution in [0.4, 0.5) is 5.69 Å². The molecule has 16 heavy (non-hydrogen) atoms. The van der Waals surface area contributed by atoms with Gasteiger partial charge in [0.15, 0.2) is 0 Å². The third-order valence-electron chi connectivity index (χ3n) is 2.97. The molecule has 2 heterocycles. The molecule has 4 nitrogen and oxygen atoms in total. The van der Waals surface area contributed by atoms with Crippen molar-refractivity contribution < 1.29 is 4.79 Å². The molecule has 0 saturated carbocycles. The van der Waals surface area contributed by atoms with Gasteiger partial charge in [-0.3, -0.25) is 9.78 Å². The number of hydrogen-bond donors (Lipinski definition) is 1. The van der Waals surface area contributed by atoms with Crippen LogP contribution >= 0.6 is 0 Å². The van der Waals surface area contributed by atoms with E-state index in [-0.39, 0.29) is 0 Å². The highest BCUT2D eigenvalue weighted by atomic mass is 16.1. The standard InChI is InChI=1S/C12H17N3O/c13-12(16)11-9-10(5-6-14-11)15-7-3-1-2-4-8-15/h5-6,9H,1-4,7-8H2,(H2,13,16). The zero-order valence-electron chi connectivity index (χ0n) is 9.35. The Morgan fingerprint density at radius 3 is 2.56 bits per heavy atom. The number of nitrogens with two attached hydrogens (primary N) is 1. The molecule has 1 saturated heterocycles. The number of aromatic nitrogens is 1. The van der Waals surface area contributed by atoms with Crippen LogP contribution in [0.2, 0.25) is 0 Å². The van der Waals surface area contributed by atoms with Gasteiger partial charge in [0.05, 0.1) is 0 Å². The van der Waals surface area contributed by atoms with Crippen LogP contribution in [0.15, 0.2) is 18.3 Å². The largest absolute Gasteiger partial charge is 0.371 e. The molecular weight excluding hydrogens is 202 g/mol. The predicted molar refractivity (Wildman–Crippen MR) is 63.4 cm³/mol. The third kappa shape index (κ3) is 2.51.